The minimum atomic E-state index is -0.140. The molecule has 1 N–H and O–H groups in total. The van der Waals surface area contributed by atoms with Crippen molar-refractivity contribution >= 4 is 5.69 Å². The molecule has 4 heteroatoms. The van der Waals surface area contributed by atoms with Crippen molar-refractivity contribution in [1.82, 2.24) is 5.32 Å². The predicted molar refractivity (Wildman–Crippen MR) is 62.2 cm³/mol. The highest BCUT2D eigenvalue weighted by Gasteiger charge is 2.16. The summed E-state index contributed by atoms with van der Waals surface area (Å²) in [6.45, 7) is 3.66. The fraction of sp³-hybridized carbons (Fsp3) is 0.500. The molecular formula is C12H17FN2O. The van der Waals surface area contributed by atoms with E-state index < -0.39 is 0 Å². The zero-order chi connectivity index (χ0) is 11.4. The zero-order valence-electron chi connectivity index (χ0n) is 9.50. The van der Waals surface area contributed by atoms with Crippen LogP contribution in [0.1, 0.15) is 5.56 Å². The second-order valence-corrected chi connectivity index (χ2v) is 3.87. The van der Waals surface area contributed by atoms with Gasteiger partial charge in [-0.25, -0.2) is 4.39 Å². The van der Waals surface area contributed by atoms with Crippen molar-refractivity contribution in [2.24, 2.45) is 0 Å². The summed E-state index contributed by atoms with van der Waals surface area (Å²) in [5.74, 6) is -0.140. The topological polar surface area (TPSA) is 24.5 Å². The molecule has 0 aliphatic carbocycles. The number of hydrogen-bond acceptors (Lipinski definition) is 3. The number of nitrogens with zero attached hydrogens (tertiary/aromatic N) is 1. The maximum atomic E-state index is 13.7. The van der Waals surface area contributed by atoms with Crippen molar-refractivity contribution < 1.29 is 9.13 Å². The van der Waals surface area contributed by atoms with Crippen LogP contribution in [0, 0.1) is 5.82 Å². The molecule has 0 amide bonds. The average Bonchev–Trinajstić information content (AvgIpc) is 2.33. The van der Waals surface area contributed by atoms with Gasteiger partial charge in [0.25, 0.3) is 0 Å². The Kier molecular flexibility index (Phi) is 3.74. The van der Waals surface area contributed by atoms with Crippen LogP contribution < -0.4 is 10.2 Å². The van der Waals surface area contributed by atoms with E-state index >= 15 is 0 Å². The summed E-state index contributed by atoms with van der Waals surface area (Å²) in [5.41, 5.74) is 1.73. The highest BCUT2D eigenvalue weighted by molar-refractivity contribution is 5.54. The van der Waals surface area contributed by atoms with Gasteiger partial charge in [-0.1, -0.05) is 6.07 Å². The van der Waals surface area contributed by atoms with Crippen molar-refractivity contribution in [3.63, 3.8) is 0 Å². The van der Waals surface area contributed by atoms with Crippen LogP contribution in [0.4, 0.5) is 10.1 Å². The third kappa shape index (κ3) is 2.33. The molecule has 88 valence electrons. The maximum absolute atomic E-state index is 13.7. The molecule has 1 saturated heterocycles. The average molecular weight is 224 g/mol. The summed E-state index contributed by atoms with van der Waals surface area (Å²) in [4.78, 5) is 2.18. The van der Waals surface area contributed by atoms with Gasteiger partial charge in [0.15, 0.2) is 0 Å². The molecule has 0 spiro atoms. The van der Waals surface area contributed by atoms with Crippen molar-refractivity contribution in [1.29, 1.82) is 0 Å². The lowest BCUT2D eigenvalue weighted by Gasteiger charge is -2.30. The highest BCUT2D eigenvalue weighted by atomic mass is 19.1. The Morgan fingerprint density at radius 1 is 1.38 bits per heavy atom. The monoisotopic (exact) mass is 224 g/mol. The fourth-order valence-corrected chi connectivity index (χ4v) is 2.00. The van der Waals surface area contributed by atoms with Gasteiger partial charge in [-0.3, -0.25) is 0 Å². The summed E-state index contributed by atoms with van der Waals surface area (Å²) < 4.78 is 19.0. The van der Waals surface area contributed by atoms with Gasteiger partial charge in [0.1, 0.15) is 5.82 Å². The number of anilines is 1. The van der Waals surface area contributed by atoms with E-state index in [4.69, 9.17) is 4.74 Å². The van der Waals surface area contributed by atoms with Crippen LogP contribution >= 0.6 is 0 Å². The number of benzene rings is 1. The first kappa shape index (κ1) is 11.4. The molecule has 1 aliphatic heterocycles. The van der Waals surface area contributed by atoms with E-state index in [1.807, 2.05) is 13.1 Å². The molecule has 0 atom stereocenters. The van der Waals surface area contributed by atoms with Crippen molar-refractivity contribution in [3.8, 4) is 0 Å². The Hall–Kier alpha value is -1.13. The van der Waals surface area contributed by atoms with E-state index in [9.17, 15) is 4.39 Å². The Labute approximate surface area is 95.2 Å². The van der Waals surface area contributed by atoms with E-state index in [0.29, 0.717) is 6.54 Å². The minimum Gasteiger partial charge on any atom is -0.378 e. The van der Waals surface area contributed by atoms with E-state index in [2.05, 4.69) is 10.2 Å². The SMILES string of the molecule is CNCc1c(F)cccc1N1CCOCC1. The van der Waals surface area contributed by atoms with Crippen molar-refractivity contribution in [3.05, 3.63) is 29.6 Å². The van der Waals surface area contributed by atoms with Crippen LogP contribution in [-0.4, -0.2) is 33.4 Å². The molecule has 2 rings (SSSR count). The number of ether oxygens (including phenoxy) is 1. The first-order valence-corrected chi connectivity index (χ1v) is 5.57. The third-order valence-corrected chi connectivity index (χ3v) is 2.80. The third-order valence-electron chi connectivity index (χ3n) is 2.80. The minimum absolute atomic E-state index is 0.140. The van der Waals surface area contributed by atoms with Gasteiger partial charge in [-0.05, 0) is 19.2 Å². The zero-order valence-corrected chi connectivity index (χ0v) is 9.50. The van der Waals surface area contributed by atoms with E-state index in [1.54, 1.807) is 6.07 Å². The Bertz CT molecular complexity index is 351. The lowest BCUT2D eigenvalue weighted by atomic mass is 10.1. The molecule has 0 saturated carbocycles. The maximum Gasteiger partial charge on any atom is 0.129 e. The Morgan fingerprint density at radius 3 is 2.81 bits per heavy atom. The molecule has 1 fully saturated rings. The summed E-state index contributed by atoms with van der Waals surface area (Å²) in [5, 5.41) is 3.01. The van der Waals surface area contributed by atoms with Gasteiger partial charge < -0.3 is 15.0 Å². The summed E-state index contributed by atoms with van der Waals surface area (Å²) in [7, 11) is 1.83. The second-order valence-electron chi connectivity index (χ2n) is 3.87. The molecule has 0 bridgehead atoms. The summed E-state index contributed by atoms with van der Waals surface area (Å²) >= 11 is 0. The number of nitrogens with one attached hydrogen (secondary N) is 1. The standard InChI is InChI=1S/C12H17FN2O/c1-14-9-10-11(13)3-2-4-12(10)15-5-7-16-8-6-15/h2-4,14H,5-9H2,1H3. The molecule has 16 heavy (non-hydrogen) atoms. The van der Waals surface area contributed by atoms with Gasteiger partial charge in [0.05, 0.1) is 13.2 Å². The molecule has 1 aromatic carbocycles. The number of rotatable bonds is 3. The van der Waals surface area contributed by atoms with Crippen LogP contribution in [0.5, 0.6) is 0 Å². The molecule has 1 heterocycles. The van der Waals surface area contributed by atoms with Crippen molar-refractivity contribution in [2.45, 2.75) is 6.54 Å². The van der Waals surface area contributed by atoms with Crippen LogP contribution in [0.15, 0.2) is 18.2 Å². The molecular weight excluding hydrogens is 207 g/mol. The van der Waals surface area contributed by atoms with Gasteiger partial charge >= 0.3 is 0 Å². The Morgan fingerprint density at radius 2 is 2.12 bits per heavy atom. The van der Waals surface area contributed by atoms with E-state index in [0.717, 1.165) is 37.6 Å². The predicted octanol–water partition coefficient (Wildman–Crippen LogP) is 1.38. The highest BCUT2D eigenvalue weighted by Crippen LogP contribution is 2.23. The van der Waals surface area contributed by atoms with Gasteiger partial charge in [0.2, 0.25) is 0 Å². The second kappa shape index (κ2) is 5.27. The fourth-order valence-electron chi connectivity index (χ4n) is 2.00. The summed E-state index contributed by atoms with van der Waals surface area (Å²) in [6, 6.07) is 5.25. The van der Waals surface area contributed by atoms with Crippen LogP contribution in [0.25, 0.3) is 0 Å². The smallest absolute Gasteiger partial charge is 0.129 e. The quantitative estimate of drug-likeness (QED) is 0.839. The molecule has 0 unspecified atom stereocenters. The van der Waals surface area contributed by atoms with E-state index in [1.165, 1.54) is 6.07 Å². The molecule has 1 aromatic rings. The van der Waals surface area contributed by atoms with Crippen LogP contribution in [0.3, 0.4) is 0 Å². The largest absolute Gasteiger partial charge is 0.378 e. The Balaban J connectivity index is 2.27. The van der Waals surface area contributed by atoms with Gasteiger partial charge in [0, 0.05) is 30.9 Å². The van der Waals surface area contributed by atoms with Gasteiger partial charge in [-0.2, -0.15) is 0 Å². The summed E-state index contributed by atoms with van der Waals surface area (Å²) in [6.07, 6.45) is 0. The normalized spacial score (nSPS) is 16.5. The number of halogens is 1. The number of morpholine rings is 1. The first-order valence-electron chi connectivity index (χ1n) is 5.57. The molecule has 1 aliphatic rings. The van der Waals surface area contributed by atoms with Gasteiger partial charge in [-0.15, -0.1) is 0 Å². The van der Waals surface area contributed by atoms with Crippen LogP contribution in [0.2, 0.25) is 0 Å². The molecule has 0 aromatic heterocycles. The van der Waals surface area contributed by atoms with Crippen molar-refractivity contribution in [2.75, 3.05) is 38.3 Å². The molecule has 3 nitrogen and oxygen atoms in total. The number of hydrogen-bond donors (Lipinski definition) is 1. The lowest BCUT2D eigenvalue weighted by Crippen LogP contribution is -2.37. The van der Waals surface area contributed by atoms with Crippen LogP contribution in [-0.2, 0) is 11.3 Å². The molecule has 0 radical (unpaired) electrons. The van der Waals surface area contributed by atoms with E-state index in [-0.39, 0.29) is 5.82 Å². The first-order chi connectivity index (χ1) is 7.83. The lowest BCUT2D eigenvalue weighted by molar-refractivity contribution is 0.122.